The van der Waals surface area contributed by atoms with Gasteiger partial charge in [0.15, 0.2) is 0 Å². The van der Waals surface area contributed by atoms with Crippen LogP contribution >= 0.6 is 11.3 Å². The fourth-order valence-electron chi connectivity index (χ4n) is 2.93. The smallest absolute Gasteiger partial charge is 0.125 e. The molecule has 0 radical (unpaired) electrons. The first kappa shape index (κ1) is 13.7. The van der Waals surface area contributed by atoms with Crippen LogP contribution in [-0.2, 0) is 6.54 Å². The summed E-state index contributed by atoms with van der Waals surface area (Å²) in [5.74, 6) is 1.44. The van der Waals surface area contributed by atoms with Crippen molar-refractivity contribution in [1.29, 1.82) is 0 Å². The van der Waals surface area contributed by atoms with E-state index in [1.54, 1.807) is 0 Å². The standard InChI is InChI=1S/C16H21N3S/c1-12-5-6-15(20-12)11-19-9-3-4-14(10-19)16-7-8-17-13(2)18-16/h5-8,14H,3-4,9-11H2,1-2H3. The van der Waals surface area contributed by atoms with Gasteiger partial charge in [0.25, 0.3) is 0 Å². The predicted molar refractivity (Wildman–Crippen MR) is 83.1 cm³/mol. The van der Waals surface area contributed by atoms with E-state index in [1.807, 2.05) is 24.5 Å². The summed E-state index contributed by atoms with van der Waals surface area (Å²) < 4.78 is 0. The lowest BCUT2D eigenvalue weighted by atomic mass is 9.94. The maximum Gasteiger partial charge on any atom is 0.125 e. The normalized spacial score (nSPS) is 20.2. The van der Waals surface area contributed by atoms with Gasteiger partial charge in [0.05, 0.1) is 0 Å². The number of hydrogen-bond donors (Lipinski definition) is 0. The Bertz CT molecular complexity index is 579. The molecule has 0 N–H and O–H groups in total. The number of aromatic nitrogens is 2. The minimum atomic E-state index is 0.562. The number of hydrogen-bond acceptors (Lipinski definition) is 4. The van der Waals surface area contributed by atoms with E-state index < -0.39 is 0 Å². The zero-order valence-corrected chi connectivity index (χ0v) is 13.0. The first-order valence-electron chi connectivity index (χ1n) is 7.28. The van der Waals surface area contributed by atoms with Crippen molar-refractivity contribution in [2.45, 2.75) is 39.2 Å². The van der Waals surface area contributed by atoms with Gasteiger partial charge in [-0.1, -0.05) is 0 Å². The Morgan fingerprint density at radius 2 is 2.20 bits per heavy atom. The van der Waals surface area contributed by atoms with E-state index in [1.165, 1.54) is 34.8 Å². The van der Waals surface area contributed by atoms with E-state index in [-0.39, 0.29) is 0 Å². The van der Waals surface area contributed by atoms with E-state index >= 15 is 0 Å². The fourth-order valence-corrected chi connectivity index (χ4v) is 3.87. The maximum absolute atomic E-state index is 4.61. The zero-order valence-electron chi connectivity index (χ0n) is 12.2. The molecule has 1 fully saturated rings. The molecule has 1 unspecified atom stereocenters. The third-order valence-corrected chi connectivity index (χ3v) is 4.88. The first-order chi connectivity index (χ1) is 9.70. The zero-order chi connectivity index (χ0) is 13.9. The van der Waals surface area contributed by atoms with Crippen LogP contribution in [0.15, 0.2) is 24.4 Å². The number of likely N-dealkylation sites (tertiary alicyclic amines) is 1. The summed E-state index contributed by atoms with van der Waals surface area (Å²) >= 11 is 1.91. The third kappa shape index (κ3) is 3.25. The van der Waals surface area contributed by atoms with Gasteiger partial charge in [0, 0.05) is 40.7 Å². The van der Waals surface area contributed by atoms with Crippen LogP contribution in [0.4, 0.5) is 0 Å². The predicted octanol–water partition coefficient (Wildman–Crippen LogP) is 3.53. The van der Waals surface area contributed by atoms with Crippen molar-refractivity contribution < 1.29 is 0 Å². The SMILES string of the molecule is Cc1nccc(C2CCCN(Cc3ccc(C)s3)C2)n1. The van der Waals surface area contributed by atoms with Crippen molar-refractivity contribution in [2.75, 3.05) is 13.1 Å². The molecule has 0 amide bonds. The lowest BCUT2D eigenvalue weighted by Crippen LogP contribution is -2.34. The quantitative estimate of drug-likeness (QED) is 0.864. The molecular weight excluding hydrogens is 266 g/mol. The molecule has 0 aliphatic carbocycles. The van der Waals surface area contributed by atoms with Gasteiger partial charge in [0.2, 0.25) is 0 Å². The second-order valence-corrected chi connectivity index (χ2v) is 6.99. The largest absolute Gasteiger partial charge is 0.298 e. The van der Waals surface area contributed by atoms with E-state index in [9.17, 15) is 0 Å². The highest BCUT2D eigenvalue weighted by Crippen LogP contribution is 2.27. The van der Waals surface area contributed by atoms with E-state index in [0.29, 0.717) is 5.92 Å². The topological polar surface area (TPSA) is 29.0 Å². The summed E-state index contributed by atoms with van der Waals surface area (Å²) in [4.78, 5) is 14.3. The summed E-state index contributed by atoms with van der Waals surface area (Å²) in [6.07, 6.45) is 4.40. The number of nitrogens with zero attached hydrogens (tertiary/aromatic N) is 3. The van der Waals surface area contributed by atoms with Crippen LogP contribution in [0.1, 0.15) is 40.0 Å². The average molecular weight is 287 g/mol. The molecule has 20 heavy (non-hydrogen) atoms. The summed E-state index contributed by atoms with van der Waals surface area (Å²) in [5, 5.41) is 0. The van der Waals surface area contributed by atoms with Crippen molar-refractivity contribution in [3.05, 3.63) is 45.7 Å². The Morgan fingerprint density at radius 1 is 1.30 bits per heavy atom. The molecule has 1 saturated heterocycles. The molecule has 106 valence electrons. The minimum Gasteiger partial charge on any atom is -0.298 e. The first-order valence-corrected chi connectivity index (χ1v) is 8.09. The van der Waals surface area contributed by atoms with Crippen molar-refractivity contribution in [1.82, 2.24) is 14.9 Å². The number of aryl methyl sites for hydroxylation is 2. The van der Waals surface area contributed by atoms with Gasteiger partial charge in [0.1, 0.15) is 5.82 Å². The second kappa shape index (κ2) is 6.02. The molecule has 3 heterocycles. The Hall–Kier alpha value is -1.26. The van der Waals surface area contributed by atoms with Gasteiger partial charge in [-0.25, -0.2) is 9.97 Å². The molecular formula is C16H21N3S. The van der Waals surface area contributed by atoms with Crippen molar-refractivity contribution in [3.8, 4) is 0 Å². The molecule has 1 atom stereocenters. The summed E-state index contributed by atoms with van der Waals surface area (Å²) in [6.45, 7) is 7.55. The molecule has 3 rings (SSSR count). The summed E-state index contributed by atoms with van der Waals surface area (Å²) in [7, 11) is 0. The molecule has 3 nitrogen and oxygen atoms in total. The molecule has 4 heteroatoms. The third-order valence-electron chi connectivity index (χ3n) is 3.90. The Labute approximate surface area is 124 Å². The lowest BCUT2D eigenvalue weighted by Gasteiger charge is -2.32. The number of rotatable bonds is 3. The van der Waals surface area contributed by atoms with Gasteiger partial charge >= 0.3 is 0 Å². The summed E-state index contributed by atoms with van der Waals surface area (Å²) in [6, 6.07) is 6.56. The van der Waals surface area contributed by atoms with Crippen LogP contribution in [0.2, 0.25) is 0 Å². The van der Waals surface area contributed by atoms with Crippen molar-refractivity contribution in [3.63, 3.8) is 0 Å². The fraction of sp³-hybridized carbons (Fsp3) is 0.500. The van der Waals surface area contributed by atoms with Crippen LogP contribution in [0.3, 0.4) is 0 Å². The highest BCUT2D eigenvalue weighted by atomic mass is 32.1. The Kier molecular flexibility index (Phi) is 4.13. The lowest BCUT2D eigenvalue weighted by molar-refractivity contribution is 0.200. The number of piperidine rings is 1. The van der Waals surface area contributed by atoms with Crippen molar-refractivity contribution in [2.24, 2.45) is 0 Å². The summed E-state index contributed by atoms with van der Waals surface area (Å²) in [5.41, 5.74) is 1.21. The van der Waals surface area contributed by atoms with Gasteiger partial charge in [-0.05, 0) is 51.4 Å². The second-order valence-electron chi connectivity index (χ2n) is 5.62. The van der Waals surface area contributed by atoms with Gasteiger partial charge in [-0.15, -0.1) is 11.3 Å². The number of thiophene rings is 1. The molecule has 0 aromatic carbocycles. The van der Waals surface area contributed by atoms with Crippen molar-refractivity contribution >= 4 is 11.3 Å². The monoisotopic (exact) mass is 287 g/mol. The van der Waals surface area contributed by atoms with Gasteiger partial charge in [-0.3, -0.25) is 4.90 Å². The highest BCUT2D eigenvalue weighted by Gasteiger charge is 2.22. The molecule has 1 aliphatic heterocycles. The molecule has 0 saturated carbocycles. The Morgan fingerprint density at radius 3 is 2.95 bits per heavy atom. The van der Waals surface area contributed by atoms with Crippen LogP contribution in [0, 0.1) is 13.8 Å². The van der Waals surface area contributed by atoms with E-state index in [2.05, 4.69) is 40.0 Å². The highest BCUT2D eigenvalue weighted by molar-refractivity contribution is 7.11. The van der Waals surface area contributed by atoms with Crippen LogP contribution in [-0.4, -0.2) is 28.0 Å². The van der Waals surface area contributed by atoms with Gasteiger partial charge < -0.3 is 0 Å². The van der Waals surface area contributed by atoms with Crippen LogP contribution in [0.25, 0.3) is 0 Å². The molecule has 0 spiro atoms. The van der Waals surface area contributed by atoms with Crippen LogP contribution < -0.4 is 0 Å². The van der Waals surface area contributed by atoms with E-state index in [0.717, 1.165) is 18.9 Å². The Balaban J connectivity index is 1.67. The van der Waals surface area contributed by atoms with Gasteiger partial charge in [-0.2, -0.15) is 0 Å². The molecule has 0 bridgehead atoms. The molecule has 2 aromatic heterocycles. The maximum atomic E-state index is 4.61. The van der Waals surface area contributed by atoms with E-state index in [4.69, 9.17) is 0 Å². The van der Waals surface area contributed by atoms with Crippen LogP contribution in [0.5, 0.6) is 0 Å². The molecule has 2 aromatic rings. The molecule has 1 aliphatic rings. The average Bonchev–Trinajstić information content (AvgIpc) is 2.84. The minimum absolute atomic E-state index is 0.562.